The first-order valence-electron chi connectivity index (χ1n) is 8.32. The van der Waals surface area contributed by atoms with Gasteiger partial charge in [-0.3, -0.25) is 4.99 Å². The number of rotatable bonds is 5. The number of aromatic nitrogens is 1. The van der Waals surface area contributed by atoms with E-state index in [-0.39, 0.29) is 4.90 Å². The van der Waals surface area contributed by atoms with E-state index in [0.29, 0.717) is 24.2 Å². The standard InChI is InChI=1S/C21H20N2O2S/c1-4-5-14-22-15-20-17(3)23(21-9-7-6-8-19(20)21)26(24,25)18-12-10-16(2)11-13-18/h1,6-13,15H,5,14H2,2-3H3. The molecule has 3 aromatic rings. The molecule has 1 aromatic heterocycles. The number of aryl methyl sites for hydroxylation is 1. The number of aliphatic imine (C=N–C) groups is 1. The second-order valence-electron chi connectivity index (χ2n) is 6.09. The molecular weight excluding hydrogens is 344 g/mol. The Kier molecular flexibility index (Phi) is 4.97. The van der Waals surface area contributed by atoms with Gasteiger partial charge in [0.1, 0.15) is 0 Å². The lowest BCUT2D eigenvalue weighted by molar-refractivity contribution is 0.588. The molecule has 0 spiro atoms. The van der Waals surface area contributed by atoms with Crippen LogP contribution in [-0.2, 0) is 10.0 Å². The first-order chi connectivity index (χ1) is 12.5. The topological polar surface area (TPSA) is 51.4 Å². The van der Waals surface area contributed by atoms with E-state index in [1.807, 2.05) is 31.2 Å². The molecule has 0 bridgehead atoms. The Morgan fingerprint density at radius 3 is 2.50 bits per heavy atom. The maximum absolute atomic E-state index is 13.3. The van der Waals surface area contributed by atoms with E-state index in [9.17, 15) is 8.42 Å². The fourth-order valence-corrected chi connectivity index (χ4v) is 4.50. The minimum Gasteiger partial charge on any atom is -0.291 e. The highest BCUT2D eigenvalue weighted by atomic mass is 32.2. The van der Waals surface area contributed by atoms with Crippen molar-refractivity contribution in [2.24, 2.45) is 4.99 Å². The fraction of sp³-hybridized carbons (Fsp3) is 0.190. The lowest BCUT2D eigenvalue weighted by Crippen LogP contribution is -2.14. The molecule has 26 heavy (non-hydrogen) atoms. The first kappa shape index (κ1) is 18.0. The van der Waals surface area contributed by atoms with E-state index in [2.05, 4.69) is 10.9 Å². The average Bonchev–Trinajstić information content (AvgIpc) is 2.91. The van der Waals surface area contributed by atoms with Crippen molar-refractivity contribution in [3.8, 4) is 12.3 Å². The summed E-state index contributed by atoms with van der Waals surface area (Å²) in [5.41, 5.74) is 3.09. The highest BCUT2D eigenvalue weighted by molar-refractivity contribution is 7.90. The van der Waals surface area contributed by atoms with Crippen molar-refractivity contribution in [2.75, 3.05) is 6.54 Å². The van der Waals surface area contributed by atoms with E-state index < -0.39 is 10.0 Å². The van der Waals surface area contributed by atoms with E-state index in [0.717, 1.165) is 16.5 Å². The zero-order chi connectivity index (χ0) is 18.7. The summed E-state index contributed by atoms with van der Waals surface area (Å²) in [5, 5.41) is 0.852. The predicted molar refractivity (Wildman–Crippen MR) is 106 cm³/mol. The predicted octanol–water partition coefficient (Wildman–Crippen LogP) is 3.94. The van der Waals surface area contributed by atoms with Crippen molar-refractivity contribution in [1.29, 1.82) is 0 Å². The van der Waals surface area contributed by atoms with Crippen LogP contribution in [0.5, 0.6) is 0 Å². The normalized spacial score (nSPS) is 11.9. The Labute approximate surface area is 154 Å². The second-order valence-corrected chi connectivity index (χ2v) is 7.87. The van der Waals surface area contributed by atoms with E-state index in [1.54, 1.807) is 37.4 Å². The highest BCUT2D eigenvalue weighted by Crippen LogP contribution is 2.29. The summed E-state index contributed by atoms with van der Waals surface area (Å²) in [4.78, 5) is 4.61. The smallest absolute Gasteiger partial charge is 0.268 e. The van der Waals surface area contributed by atoms with Crippen LogP contribution in [0.4, 0.5) is 0 Å². The molecule has 0 saturated carbocycles. The van der Waals surface area contributed by atoms with Crippen molar-refractivity contribution in [2.45, 2.75) is 25.2 Å². The molecule has 0 atom stereocenters. The summed E-state index contributed by atoms with van der Waals surface area (Å²) in [6, 6.07) is 14.3. The van der Waals surface area contributed by atoms with Gasteiger partial charge in [-0.2, -0.15) is 0 Å². The number of benzene rings is 2. The van der Waals surface area contributed by atoms with Gasteiger partial charge in [-0.15, -0.1) is 12.3 Å². The number of nitrogens with zero attached hydrogens (tertiary/aromatic N) is 2. The van der Waals surface area contributed by atoms with Crippen molar-refractivity contribution in [3.05, 3.63) is 65.4 Å². The van der Waals surface area contributed by atoms with Gasteiger partial charge in [0.05, 0.1) is 10.4 Å². The van der Waals surface area contributed by atoms with Crippen molar-refractivity contribution >= 4 is 27.1 Å². The molecule has 5 heteroatoms. The van der Waals surface area contributed by atoms with Gasteiger partial charge in [-0.05, 0) is 32.0 Å². The molecule has 4 nitrogen and oxygen atoms in total. The second kappa shape index (κ2) is 7.19. The minimum absolute atomic E-state index is 0.266. The molecule has 0 fully saturated rings. The lowest BCUT2D eigenvalue weighted by Gasteiger charge is -2.10. The van der Waals surface area contributed by atoms with Crippen LogP contribution in [0.3, 0.4) is 0 Å². The monoisotopic (exact) mass is 364 g/mol. The van der Waals surface area contributed by atoms with Crippen LogP contribution in [0.2, 0.25) is 0 Å². The molecule has 0 aliphatic carbocycles. The number of hydrogen-bond acceptors (Lipinski definition) is 3. The number of terminal acetylenes is 1. The third-order valence-corrected chi connectivity index (χ3v) is 6.09. The number of para-hydroxylation sites is 1. The van der Waals surface area contributed by atoms with Crippen LogP contribution in [0, 0.1) is 26.2 Å². The summed E-state index contributed by atoms with van der Waals surface area (Å²) >= 11 is 0. The molecule has 0 amide bonds. The van der Waals surface area contributed by atoms with Crippen LogP contribution in [0.15, 0.2) is 58.4 Å². The zero-order valence-electron chi connectivity index (χ0n) is 14.8. The quantitative estimate of drug-likeness (QED) is 0.391. The Hall–Kier alpha value is -2.84. The van der Waals surface area contributed by atoms with Crippen LogP contribution in [0.1, 0.15) is 23.2 Å². The van der Waals surface area contributed by atoms with Gasteiger partial charge in [0, 0.05) is 35.8 Å². The third-order valence-electron chi connectivity index (χ3n) is 4.27. The summed E-state index contributed by atoms with van der Waals surface area (Å²) in [6.07, 6.45) is 7.53. The average molecular weight is 364 g/mol. The SMILES string of the molecule is C#CCCN=Cc1c(C)n(S(=O)(=O)c2ccc(C)cc2)c2ccccc12. The Morgan fingerprint density at radius 2 is 1.81 bits per heavy atom. The summed E-state index contributed by atoms with van der Waals surface area (Å²) in [7, 11) is -3.70. The van der Waals surface area contributed by atoms with E-state index in [1.165, 1.54) is 3.97 Å². The highest BCUT2D eigenvalue weighted by Gasteiger charge is 2.24. The number of fused-ring (bicyclic) bond motifs is 1. The Morgan fingerprint density at radius 1 is 1.12 bits per heavy atom. The van der Waals surface area contributed by atoms with Gasteiger partial charge in [-0.1, -0.05) is 35.9 Å². The van der Waals surface area contributed by atoms with Crippen LogP contribution in [0.25, 0.3) is 10.9 Å². The Bertz CT molecular complexity index is 1120. The molecule has 0 aliphatic rings. The van der Waals surface area contributed by atoms with Crippen LogP contribution in [-0.4, -0.2) is 25.1 Å². The van der Waals surface area contributed by atoms with E-state index in [4.69, 9.17) is 6.42 Å². The molecular formula is C21H20N2O2S. The zero-order valence-corrected chi connectivity index (χ0v) is 15.6. The maximum Gasteiger partial charge on any atom is 0.268 e. The maximum atomic E-state index is 13.3. The van der Waals surface area contributed by atoms with Crippen LogP contribution < -0.4 is 0 Å². The van der Waals surface area contributed by atoms with Crippen molar-refractivity contribution in [1.82, 2.24) is 3.97 Å². The molecule has 0 N–H and O–H groups in total. The molecule has 0 saturated heterocycles. The summed E-state index contributed by atoms with van der Waals surface area (Å²) in [5.74, 6) is 2.55. The molecule has 0 unspecified atom stereocenters. The molecule has 2 aromatic carbocycles. The molecule has 132 valence electrons. The first-order valence-corrected chi connectivity index (χ1v) is 9.76. The van der Waals surface area contributed by atoms with Gasteiger partial charge >= 0.3 is 0 Å². The van der Waals surface area contributed by atoms with Gasteiger partial charge < -0.3 is 0 Å². The molecule has 1 heterocycles. The van der Waals surface area contributed by atoms with Crippen LogP contribution >= 0.6 is 0 Å². The fourth-order valence-electron chi connectivity index (χ4n) is 2.94. The Balaban J connectivity index is 2.21. The summed E-state index contributed by atoms with van der Waals surface area (Å²) < 4.78 is 27.9. The minimum atomic E-state index is -3.70. The summed E-state index contributed by atoms with van der Waals surface area (Å²) in [6.45, 7) is 4.24. The molecule has 0 aliphatic heterocycles. The van der Waals surface area contributed by atoms with Gasteiger partial charge in [0.25, 0.3) is 10.0 Å². The van der Waals surface area contributed by atoms with Crippen molar-refractivity contribution < 1.29 is 8.42 Å². The molecule has 3 rings (SSSR count). The third kappa shape index (κ3) is 3.16. The van der Waals surface area contributed by atoms with Crippen molar-refractivity contribution in [3.63, 3.8) is 0 Å². The largest absolute Gasteiger partial charge is 0.291 e. The van der Waals surface area contributed by atoms with Gasteiger partial charge in [-0.25, -0.2) is 12.4 Å². The molecule has 0 radical (unpaired) electrons. The van der Waals surface area contributed by atoms with Gasteiger partial charge in [0.15, 0.2) is 0 Å². The van der Waals surface area contributed by atoms with E-state index >= 15 is 0 Å². The van der Waals surface area contributed by atoms with Gasteiger partial charge in [0.2, 0.25) is 0 Å². The number of hydrogen-bond donors (Lipinski definition) is 0. The lowest BCUT2D eigenvalue weighted by atomic mass is 10.1.